The lowest BCUT2D eigenvalue weighted by atomic mass is 9.88. The number of allylic oxidation sites excluding steroid dienone is 1. The van der Waals surface area contributed by atoms with Gasteiger partial charge in [-0.2, -0.15) is 0 Å². The number of hydrogen-bond donors (Lipinski definition) is 0. The molecular formula is C28H58O5Si3. The second-order valence-electron chi connectivity index (χ2n) is 14.5. The standard InChI is InChI=1S/C22H44O3Si2.C6H14O2Si/c1-12-13-14-18-19(24-26(8,9)21(2,3)4)15-17(23)16-20(18)25-27(10,11)22(5,6)7;1-8-6(7)5-9(2,3)4/h14,19-20H,12-13,15-16H2,1-11H3;5H2,1-4H3/t19-,20-;/m1./s1. The van der Waals surface area contributed by atoms with Crippen molar-refractivity contribution in [2.75, 3.05) is 7.11 Å². The van der Waals surface area contributed by atoms with E-state index in [1.54, 1.807) is 0 Å². The van der Waals surface area contributed by atoms with E-state index in [9.17, 15) is 9.59 Å². The first-order valence-corrected chi connectivity index (χ1v) is 23.1. The minimum atomic E-state index is -1.97. The molecule has 1 aliphatic rings. The van der Waals surface area contributed by atoms with Crippen LogP contribution in [0, 0.1) is 0 Å². The molecule has 1 saturated carbocycles. The van der Waals surface area contributed by atoms with Gasteiger partial charge in [-0.15, -0.1) is 0 Å². The number of rotatable bonds is 8. The molecule has 0 aliphatic heterocycles. The maximum Gasteiger partial charge on any atom is 0.302 e. The maximum atomic E-state index is 12.6. The van der Waals surface area contributed by atoms with Crippen LogP contribution in [0.4, 0.5) is 0 Å². The molecular weight excluding hydrogens is 501 g/mol. The molecule has 36 heavy (non-hydrogen) atoms. The van der Waals surface area contributed by atoms with Gasteiger partial charge >= 0.3 is 5.97 Å². The van der Waals surface area contributed by atoms with E-state index in [2.05, 4.69) is 105 Å². The fraction of sp³-hybridized carbons (Fsp3) is 0.857. The summed E-state index contributed by atoms with van der Waals surface area (Å²) in [5.74, 6) is 0.199. The van der Waals surface area contributed by atoms with E-state index in [4.69, 9.17) is 8.85 Å². The Bertz CT molecular complexity index is 711. The number of ether oxygens (including phenoxy) is 1. The van der Waals surface area contributed by atoms with Crippen LogP contribution in [0.1, 0.15) is 74.1 Å². The summed E-state index contributed by atoms with van der Waals surface area (Å²) in [5.41, 5.74) is 1.23. The molecule has 0 saturated heterocycles. The highest BCUT2D eigenvalue weighted by Crippen LogP contribution is 2.43. The Balaban J connectivity index is 0.00000115. The molecule has 1 rings (SSSR count). The minimum Gasteiger partial charge on any atom is -0.469 e. The van der Waals surface area contributed by atoms with Crippen LogP contribution in [0.5, 0.6) is 0 Å². The molecule has 0 bridgehead atoms. The SMILES string of the molecule is CCCC=C1[C@H](O[Si](C)(C)C(C)(C)C)CC(=O)C[C@H]1O[Si](C)(C)C(C)(C)C.COC(=O)C[Si](C)(C)C. The van der Waals surface area contributed by atoms with Crippen LogP contribution in [0.15, 0.2) is 11.6 Å². The zero-order valence-electron chi connectivity index (χ0n) is 26.3. The second-order valence-corrected chi connectivity index (χ2v) is 29.5. The van der Waals surface area contributed by atoms with E-state index in [-0.39, 0.29) is 34.0 Å². The van der Waals surface area contributed by atoms with Crippen molar-refractivity contribution in [2.24, 2.45) is 0 Å². The molecule has 0 aromatic heterocycles. The Labute approximate surface area is 226 Å². The third kappa shape index (κ3) is 11.9. The minimum absolute atomic E-state index is 0.0748. The number of esters is 1. The molecule has 0 radical (unpaired) electrons. The summed E-state index contributed by atoms with van der Waals surface area (Å²) in [7, 11) is -3.71. The van der Waals surface area contributed by atoms with E-state index in [1.165, 1.54) is 12.7 Å². The van der Waals surface area contributed by atoms with Gasteiger partial charge in [0.1, 0.15) is 5.78 Å². The number of carbonyl (C=O) groups is 2. The van der Waals surface area contributed by atoms with Crippen molar-refractivity contribution in [3.8, 4) is 0 Å². The van der Waals surface area contributed by atoms with Gasteiger partial charge < -0.3 is 13.6 Å². The van der Waals surface area contributed by atoms with Gasteiger partial charge in [0, 0.05) is 18.9 Å². The van der Waals surface area contributed by atoms with Crippen LogP contribution in [0.25, 0.3) is 0 Å². The molecule has 0 spiro atoms. The van der Waals surface area contributed by atoms with Crippen LogP contribution in [-0.2, 0) is 23.2 Å². The lowest BCUT2D eigenvalue weighted by Gasteiger charge is -2.45. The van der Waals surface area contributed by atoms with Crippen LogP contribution in [0.3, 0.4) is 0 Å². The molecule has 0 aromatic rings. The summed E-state index contributed by atoms with van der Waals surface area (Å²) >= 11 is 0. The third-order valence-electron chi connectivity index (χ3n) is 7.63. The zero-order chi connectivity index (χ0) is 28.8. The Morgan fingerprint density at radius 2 is 1.25 bits per heavy atom. The first-order chi connectivity index (χ1) is 16.0. The molecule has 0 N–H and O–H groups in total. The van der Waals surface area contributed by atoms with Crippen molar-refractivity contribution in [3.63, 3.8) is 0 Å². The van der Waals surface area contributed by atoms with Crippen LogP contribution >= 0.6 is 0 Å². The van der Waals surface area contributed by atoms with E-state index < -0.39 is 24.7 Å². The number of Topliss-reactive ketones (excluding diaryl/α,β-unsaturated/α-hetero) is 1. The number of hydrogen-bond acceptors (Lipinski definition) is 5. The van der Waals surface area contributed by atoms with Gasteiger partial charge in [-0.3, -0.25) is 9.59 Å². The van der Waals surface area contributed by atoms with Gasteiger partial charge in [0.15, 0.2) is 16.6 Å². The van der Waals surface area contributed by atoms with Gasteiger partial charge in [0.25, 0.3) is 0 Å². The lowest BCUT2D eigenvalue weighted by molar-refractivity contribution is -0.138. The first-order valence-electron chi connectivity index (χ1n) is 13.6. The molecule has 0 amide bonds. The Hall–Kier alpha value is -0.549. The maximum absolute atomic E-state index is 12.6. The molecule has 1 fully saturated rings. The highest BCUT2D eigenvalue weighted by molar-refractivity contribution is 6.78. The molecule has 0 aromatic carbocycles. The number of unbranched alkanes of at least 4 members (excludes halogenated alkanes) is 1. The fourth-order valence-corrected chi connectivity index (χ4v) is 6.88. The van der Waals surface area contributed by atoms with Gasteiger partial charge in [0.2, 0.25) is 0 Å². The summed E-state index contributed by atoms with van der Waals surface area (Å²) in [4.78, 5) is 23.3. The summed E-state index contributed by atoms with van der Waals surface area (Å²) in [6, 6.07) is 0.628. The highest BCUT2D eigenvalue weighted by atomic mass is 28.4. The van der Waals surface area contributed by atoms with Crippen molar-refractivity contribution < 1.29 is 23.2 Å². The van der Waals surface area contributed by atoms with Crippen molar-refractivity contribution in [1.82, 2.24) is 0 Å². The highest BCUT2D eigenvalue weighted by Gasteiger charge is 2.46. The van der Waals surface area contributed by atoms with Crippen molar-refractivity contribution in [3.05, 3.63) is 11.6 Å². The largest absolute Gasteiger partial charge is 0.469 e. The molecule has 5 nitrogen and oxygen atoms in total. The zero-order valence-corrected chi connectivity index (χ0v) is 29.3. The monoisotopic (exact) mass is 558 g/mol. The Morgan fingerprint density at radius 1 is 0.861 bits per heavy atom. The normalized spacial score (nSPS) is 20.0. The van der Waals surface area contributed by atoms with E-state index >= 15 is 0 Å². The fourth-order valence-electron chi connectivity index (χ4n) is 3.30. The average Bonchev–Trinajstić information content (AvgIpc) is 2.64. The summed E-state index contributed by atoms with van der Waals surface area (Å²) in [5, 5.41) is 0.248. The summed E-state index contributed by atoms with van der Waals surface area (Å²) in [6.07, 6.45) is 5.18. The second kappa shape index (κ2) is 13.5. The van der Waals surface area contributed by atoms with E-state index in [0.29, 0.717) is 18.9 Å². The first kappa shape index (κ1) is 35.5. The van der Waals surface area contributed by atoms with E-state index in [0.717, 1.165) is 12.8 Å². The topological polar surface area (TPSA) is 61.8 Å². The molecule has 212 valence electrons. The van der Waals surface area contributed by atoms with Crippen LogP contribution in [0.2, 0.25) is 61.9 Å². The molecule has 0 unspecified atom stereocenters. The molecule has 0 heterocycles. The summed E-state index contributed by atoms with van der Waals surface area (Å²) in [6.45, 7) is 31.2. The van der Waals surface area contributed by atoms with Gasteiger partial charge in [-0.05, 0) is 48.3 Å². The molecule has 2 atom stereocenters. The third-order valence-corrected chi connectivity index (χ3v) is 17.9. The number of methoxy groups -OCH3 is 1. The predicted molar refractivity (Wildman–Crippen MR) is 162 cm³/mol. The predicted octanol–water partition coefficient (Wildman–Crippen LogP) is 8.35. The van der Waals surface area contributed by atoms with Crippen LogP contribution in [-0.4, -0.2) is 55.8 Å². The van der Waals surface area contributed by atoms with E-state index in [1.807, 2.05) is 0 Å². The number of carbonyl (C=O) groups excluding carboxylic acids is 2. The van der Waals surface area contributed by atoms with Gasteiger partial charge in [0.05, 0.1) is 27.4 Å². The quantitative estimate of drug-likeness (QED) is 0.170. The van der Waals surface area contributed by atoms with Crippen molar-refractivity contribution in [1.29, 1.82) is 0 Å². The van der Waals surface area contributed by atoms with Crippen molar-refractivity contribution >= 4 is 36.5 Å². The smallest absolute Gasteiger partial charge is 0.302 e. The lowest BCUT2D eigenvalue weighted by Crippen LogP contribution is -2.51. The molecule has 1 aliphatic carbocycles. The molecule has 8 heteroatoms. The van der Waals surface area contributed by atoms with Gasteiger partial charge in [-0.25, -0.2) is 0 Å². The Kier molecular flexibility index (Phi) is 13.3. The number of ketones is 1. The Morgan fingerprint density at radius 3 is 1.50 bits per heavy atom. The van der Waals surface area contributed by atoms with Crippen molar-refractivity contribution in [2.45, 2.75) is 148 Å². The van der Waals surface area contributed by atoms with Crippen LogP contribution < -0.4 is 0 Å². The average molecular weight is 559 g/mol. The van der Waals surface area contributed by atoms with Gasteiger partial charge in [-0.1, -0.05) is 80.6 Å². The summed E-state index contributed by atoms with van der Waals surface area (Å²) < 4.78 is 18.0.